The van der Waals surface area contributed by atoms with E-state index < -0.39 is 29.9 Å². The van der Waals surface area contributed by atoms with Crippen molar-refractivity contribution in [1.29, 1.82) is 0 Å². The van der Waals surface area contributed by atoms with Crippen LogP contribution in [0.3, 0.4) is 0 Å². The van der Waals surface area contributed by atoms with E-state index in [4.69, 9.17) is 5.11 Å². The summed E-state index contributed by atoms with van der Waals surface area (Å²) < 4.78 is 0. The summed E-state index contributed by atoms with van der Waals surface area (Å²) in [4.78, 5) is 35.0. The van der Waals surface area contributed by atoms with Gasteiger partial charge in [0.15, 0.2) is 0 Å². The van der Waals surface area contributed by atoms with Crippen molar-refractivity contribution in [2.75, 3.05) is 5.33 Å². The van der Waals surface area contributed by atoms with Crippen LogP contribution >= 0.6 is 15.9 Å². The molecule has 0 rings (SSSR count). The maximum Gasteiger partial charge on any atom is 0.326 e. The third-order valence-corrected chi connectivity index (χ3v) is 3.51. The van der Waals surface area contributed by atoms with E-state index in [1.807, 2.05) is 13.8 Å². The predicted octanol–water partition coefficient (Wildman–Crippen LogP) is 1.45. The largest absolute Gasteiger partial charge is 0.480 e. The number of nitrogens with one attached hydrogen (secondary N) is 2. The van der Waals surface area contributed by atoms with E-state index in [0.29, 0.717) is 17.3 Å². The molecule has 3 N–H and O–H groups in total. The van der Waals surface area contributed by atoms with Crippen LogP contribution in [-0.4, -0.2) is 40.3 Å². The Morgan fingerprint density at radius 1 is 1.19 bits per heavy atom. The molecule has 0 heterocycles. The van der Waals surface area contributed by atoms with Gasteiger partial charge in [-0.2, -0.15) is 0 Å². The zero-order valence-corrected chi connectivity index (χ0v) is 14.2. The number of carbonyl (C=O) groups excluding carboxylic acids is 2. The first-order valence-electron chi connectivity index (χ1n) is 6.80. The molecule has 0 spiro atoms. The number of carboxylic acids is 1. The fourth-order valence-electron chi connectivity index (χ4n) is 1.63. The van der Waals surface area contributed by atoms with Crippen LogP contribution in [-0.2, 0) is 14.4 Å². The van der Waals surface area contributed by atoms with Crippen molar-refractivity contribution >= 4 is 33.7 Å². The summed E-state index contributed by atoms with van der Waals surface area (Å²) in [6, 6.07) is -1.73. The molecule has 2 amide bonds. The van der Waals surface area contributed by atoms with Gasteiger partial charge in [-0.25, -0.2) is 4.79 Å². The predicted molar refractivity (Wildman–Crippen MR) is 84.2 cm³/mol. The summed E-state index contributed by atoms with van der Waals surface area (Å²) in [5.74, 6) is -1.83. The van der Waals surface area contributed by atoms with Crippen molar-refractivity contribution in [3.05, 3.63) is 12.2 Å². The van der Waals surface area contributed by atoms with Crippen molar-refractivity contribution in [2.24, 2.45) is 5.92 Å². The number of halogens is 1. The Morgan fingerprint density at radius 2 is 1.76 bits per heavy atom. The van der Waals surface area contributed by atoms with Crippen LogP contribution in [0.5, 0.6) is 0 Å². The molecule has 0 aromatic rings. The van der Waals surface area contributed by atoms with Gasteiger partial charge in [0.1, 0.15) is 12.1 Å². The molecule has 0 aromatic carbocycles. The van der Waals surface area contributed by atoms with Crippen LogP contribution in [0, 0.1) is 5.92 Å². The maximum absolute atomic E-state index is 12.2. The zero-order valence-electron chi connectivity index (χ0n) is 12.6. The van der Waals surface area contributed by atoms with E-state index in [2.05, 4.69) is 33.1 Å². The van der Waals surface area contributed by atoms with Crippen molar-refractivity contribution in [3.63, 3.8) is 0 Å². The number of rotatable bonds is 9. The molecule has 0 aliphatic heterocycles. The average molecular weight is 363 g/mol. The lowest BCUT2D eigenvalue weighted by molar-refractivity contribution is -0.142. The minimum absolute atomic E-state index is 0.170. The van der Waals surface area contributed by atoms with Crippen molar-refractivity contribution in [3.8, 4) is 0 Å². The molecule has 0 saturated carbocycles. The summed E-state index contributed by atoms with van der Waals surface area (Å²) in [6.45, 7) is 9.09. The maximum atomic E-state index is 12.2. The minimum atomic E-state index is -1.09. The number of carboxylic acid groups (broad SMARTS) is 1. The van der Waals surface area contributed by atoms with E-state index in [1.165, 1.54) is 0 Å². The monoisotopic (exact) mass is 362 g/mol. The molecule has 21 heavy (non-hydrogen) atoms. The highest BCUT2D eigenvalue weighted by molar-refractivity contribution is 9.09. The molecule has 0 bridgehead atoms. The van der Waals surface area contributed by atoms with E-state index in [0.717, 1.165) is 0 Å². The molecule has 0 aliphatic rings. The van der Waals surface area contributed by atoms with Crippen molar-refractivity contribution in [2.45, 2.75) is 45.7 Å². The van der Waals surface area contributed by atoms with Gasteiger partial charge in [0.25, 0.3) is 0 Å². The SMILES string of the molecule is C=C(CBr)C(=O)NC(CC(C)C)C(=O)N[C@H](CC)C(=O)O. The molecular formula is C14H23BrN2O4. The number of amides is 2. The van der Waals surface area contributed by atoms with E-state index in [9.17, 15) is 14.4 Å². The summed E-state index contributed by atoms with van der Waals surface area (Å²) in [7, 11) is 0. The molecule has 7 heteroatoms. The molecule has 2 atom stereocenters. The Labute approximate surface area is 133 Å². The molecule has 120 valence electrons. The Hall–Kier alpha value is -1.37. The Bertz CT molecular complexity index is 410. The summed E-state index contributed by atoms with van der Waals surface area (Å²) in [5, 5.41) is 14.3. The molecule has 0 aliphatic carbocycles. The third kappa shape index (κ3) is 7.27. The highest BCUT2D eigenvalue weighted by Gasteiger charge is 2.26. The Morgan fingerprint density at radius 3 is 2.14 bits per heavy atom. The highest BCUT2D eigenvalue weighted by Crippen LogP contribution is 2.07. The van der Waals surface area contributed by atoms with Gasteiger partial charge in [0.2, 0.25) is 11.8 Å². The minimum Gasteiger partial charge on any atom is -0.480 e. The van der Waals surface area contributed by atoms with Crippen molar-refractivity contribution < 1.29 is 19.5 Å². The standard InChI is InChI=1S/C14H23BrN2O4/c1-5-10(14(20)21)16-13(19)11(6-8(2)3)17-12(18)9(4)7-15/h8,10-11H,4-7H2,1-3H3,(H,16,19)(H,17,18)(H,20,21)/t10-,11?/m1/s1. The quantitative estimate of drug-likeness (QED) is 0.427. The Kier molecular flexibility index (Phi) is 8.92. The smallest absolute Gasteiger partial charge is 0.326 e. The first-order chi connectivity index (χ1) is 9.72. The number of aliphatic carboxylic acids is 1. The molecule has 0 aromatic heterocycles. The van der Waals surface area contributed by atoms with Gasteiger partial charge in [-0.1, -0.05) is 43.3 Å². The van der Waals surface area contributed by atoms with Gasteiger partial charge in [-0.05, 0) is 18.8 Å². The van der Waals surface area contributed by atoms with Gasteiger partial charge in [0, 0.05) is 10.9 Å². The van der Waals surface area contributed by atoms with Crippen LogP contribution in [0.4, 0.5) is 0 Å². The molecule has 0 radical (unpaired) electrons. The molecular weight excluding hydrogens is 340 g/mol. The molecule has 1 unspecified atom stereocenters. The first-order valence-corrected chi connectivity index (χ1v) is 7.92. The molecule has 0 fully saturated rings. The number of carbonyl (C=O) groups is 3. The number of hydrogen-bond donors (Lipinski definition) is 3. The summed E-state index contributed by atoms with van der Waals surface area (Å²) in [5.41, 5.74) is 0.307. The second-order valence-corrected chi connectivity index (χ2v) is 5.76. The van der Waals surface area contributed by atoms with Crippen LogP contribution in [0.2, 0.25) is 0 Å². The van der Waals surface area contributed by atoms with Gasteiger partial charge < -0.3 is 15.7 Å². The fraction of sp³-hybridized carbons (Fsp3) is 0.643. The third-order valence-electron chi connectivity index (χ3n) is 2.83. The van der Waals surface area contributed by atoms with Gasteiger partial charge in [-0.3, -0.25) is 9.59 Å². The van der Waals surface area contributed by atoms with Crippen LogP contribution in [0.25, 0.3) is 0 Å². The van der Waals surface area contributed by atoms with E-state index in [-0.39, 0.29) is 12.3 Å². The van der Waals surface area contributed by atoms with E-state index >= 15 is 0 Å². The van der Waals surface area contributed by atoms with Crippen LogP contribution in [0.15, 0.2) is 12.2 Å². The summed E-state index contributed by atoms with van der Waals surface area (Å²) in [6.07, 6.45) is 0.695. The average Bonchev–Trinajstić information content (AvgIpc) is 2.41. The highest BCUT2D eigenvalue weighted by atomic mass is 79.9. The fourth-order valence-corrected chi connectivity index (χ4v) is 1.89. The topological polar surface area (TPSA) is 95.5 Å². The summed E-state index contributed by atoms with van der Waals surface area (Å²) >= 11 is 3.13. The van der Waals surface area contributed by atoms with Gasteiger partial charge in [0.05, 0.1) is 0 Å². The zero-order chi connectivity index (χ0) is 16.6. The second kappa shape index (κ2) is 9.55. The van der Waals surface area contributed by atoms with E-state index in [1.54, 1.807) is 6.92 Å². The van der Waals surface area contributed by atoms with Crippen molar-refractivity contribution in [1.82, 2.24) is 10.6 Å². The Balaban J connectivity index is 4.88. The van der Waals surface area contributed by atoms with Crippen LogP contribution < -0.4 is 10.6 Å². The van der Waals surface area contributed by atoms with Gasteiger partial charge in [-0.15, -0.1) is 0 Å². The molecule has 0 saturated heterocycles. The lowest BCUT2D eigenvalue weighted by atomic mass is 10.0. The second-order valence-electron chi connectivity index (χ2n) is 5.20. The lowest BCUT2D eigenvalue weighted by Crippen LogP contribution is -2.52. The normalized spacial score (nSPS) is 13.4. The van der Waals surface area contributed by atoms with Crippen LogP contribution in [0.1, 0.15) is 33.6 Å². The van der Waals surface area contributed by atoms with Gasteiger partial charge >= 0.3 is 5.97 Å². The molecule has 6 nitrogen and oxygen atoms in total. The number of alkyl halides is 1. The lowest BCUT2D eigenvalue weighted by Gasteiger charge is -2.22. The number of hydrogen-bond acceptors (Lipinski definition) is 3. The first kappa shape index (κ1) is 19.6.